The van der Waals surface area contributed by atoms with Crippen LogP contribution in [0.1, 0.15) is 49.5 Å². The van der Waals surface area contributed by atoms with E-state index in [-0.39, 0.29) is 23.4 Å². The quantitative estimate of drug-likeness (QED) is 0.564. The van der Waals surface area contributed by atoms with Crippen molar-refractivity contribution >= 4 is 22.6 Å². The van der Waals surface area contributed by atoms with Crippen molar-refractivity contribution in [2.45, 2.75) is 45.6 Å². The fourth-order valence-electron chi connectivity index (χ4n) is 3.69. The van der Waals surface area contributed by atoms with E-state index in [1.54, 1.807) is 23.1 Å². The largest absolute Gasteiger partial charge is 0.469 e. The van der Waals surface area contributed by atoms with Crippen LogP contribution in [-0.4, -0.2) is 46.8 Å². The Bertz CT molecular complexity index is 913. The number of esters is 1. The second-order valence-corrected chi connectivity index (χ2v) is 7.22. The van der Waals surface area contributed by atoms with Crippen molar-refractivity contribution in [1.29, 1.82) is 0 Å². The van der Waals surface area contributed by atoms with Crippen molar-refractivity contribution in [2.75, 3.05) is 20.2 Å². The molecule has 2 heterocycles. The maximum Gasteiger partial charge on any atom is 0.308 e. The lowest BCUT2D eigenvalue weighted by atomic mass is 9.96. The second-order valence-electron chi connectivity index (χ2n) is 7.22. The normalized spacial score (nSPS) is 15.0. The Morgan fingerprint density at radius 3 is 2.46 bits per heavy atom. The zero-order chi connectivity index (χ0) is 20.1. The SMILES string of the molecule is CCCCCn1nc(C(=O)N2CCC(C(=O)OC)CC2)c2ccccc2c1=O. The third-order valence-electron chi connectivity index (χ3n) is 5.36. The maximum atomic E-state index is 13.2. The molecule has 0 atom stereocenters. The summed E-state index contributed by atoms with van der Waals surface area (Å²) in [7, 11) is 1.39. The molecule has 28 heavy (non-hydrogen) atoms. The summed E-state index contributed by atoms with van der Waals surface area (Å²) in [5, 5.41) is 5.54. The maximum absolute atomic E-state index is 13.2. The van der Waals surface area contributed by atoms with Gasteiger partial charge in [-0.05, 0) is 25.3 Å². The molecule has 0 radical (unpaired) electrons. The number of carbonyl (C=O) groups is 2. The highest BCUT2D eigenvalue weighted by atomic mass is 16.5. The van der Waals surface area contributed by atoms with Gasteiger partial charge in [0.1, 0.15) is 0 Å². The van der Waals surface area contributed by atoms with E-state index in [2.05, 4.69) is 12.0 Å². The van der Waals surface area contributed by atoms with Gasteiger partial charge in [-0.3, -0.25) is 14.4 Å². The minimum Gasteiger partial charge on any atom is -0.469 e. The van der Waals surface area contributed by atoms with Gasteiger partial charge in [0.2, 0.25) is 0 Å². The molecule has 0 aliphatic carbocycles. The first-order valence-electron chi connectivity index (χ1n) is 9.93. The molecule has 7 heteroatoms. The molecule has 1 fully saturated rings. The molecule has 0 N–H and O–H groups in total. The molecule has 0 bridgehead atoms. The molecule has 1 amide bonds. The van der Waals surface area contributed by atoms with E-state index < -0.39 is 0 Å². The molecule has 2 aromatic rings. The van der Waals surface area contributed by atoms with Gasteiger partial charge in [0.05, 0.1) is 18.4 Å². The van der Waals surface area contributed by atoms with Gasteiger partial charge >= 0.3 is 5.97 Å². The molecule has 7 nitrogen and oxygen atoms in total. The number of hydrogen-bond donors (Lipinski definition) is 0. The zero-order valence-corrected chi connectivity index (χ0v) is 16.5. The average Bonchev–Trinajstić information content (AvgIpc) is 2.74. The number of unbranched alkanes of at least 4 members (excludes halogenated alkanes) is 2. The average molecular weight is 385 g/mol. The Morgan fingerprint density at radius 2 is 1.82 bits per heavy atom. The van der Waals surface area contributed by atoms with Crippen molar-refractivity contribution in [1.82, 2.24) is 14.7 Å². The Hall–Kier alpha value is -2.70. The van der Waals surface area contributed by atoms with Crippen LogP contribution in [0.15, 0.2) is 29.1 Å². The van der Waals surface area contributed by atoms with Gasteiger partial charge in [0.25, 0.3) is 11.5 Å². The highest BCUT2D eigenvalue weighted by molar-refractivity contribution is 6.04. The van der Waals surface area contributed by atoms with Crippen LogP contribution in [0.5, 0.6) is 0 Å². The number of aryl methyl sites for hydroxylation is 1. The van der Waals surface area contributed by atoms with E-state index in [1.807, 2.05) is 6.07 Å². The number of aromatic nitrogens is 2. The van der Waals surface area contributed by atoms with E-state index in [0.717, 1.165) is 19.3 Å². The summed E-state index contributed by atoms with van der Waals surface area (Å²) in [6.45, 7) is 3.55. The summed E-state index contributed by atoms with van der Waals surface area (Å²) in [6.07, 6.45) is 4.05. The lowest BCUT2D eigenvalue weighted by Gasteiger charge is -2.30. The molecule has 150 valence electrons. The zero-order valence-electron chi connectivity index (χ0n) is 16.5. The molecule has 1 saturated heterocycles. The molecule has 0 spiro atoms. The minimum atomic E-state index is -0.222. The number of amides is 1. The lowest BCUT2D eigenvalue weighted by molar-refractivity contribution is -0.146. The smallest absolute Gasteiger partial charge is 0.308 e. The predicted molar refractivity (Wildman–Crippen MR) is 106 cm³/mol. The summed E-state index contributed by atoms with van der Waals surface area (Å²) < 4.78 is 6.23. The van der Waals surface area contributed by atoms with Gasteiger partial charge in [-0.2, -0.15) is 5.10 Å². The van der Waals surface area contributed by atoms with Crippen molar-refractivity contribution < 1.29 is 14.3 Å². The van der Waals surface area contributed by atoms with Crippen molar-refractivity contribution in [3.05, 3.63) is 40.3 Å². The fraction of sp³-hybridized carbons (Fsp3) is 0.524. The van der Waals surface area contributed by atoms with Crippen molar-refractivity contribution in [3.8, 4) is 0 Å². The number of nitrogens with zero attached hydrogens (tertiary/aromatic N) is 3. The number of methoxy groups -OCH3 is 1. The molecule has 1 aliphatic rings. The Labute approximate surface area is 164 Å². The Balaban J connectivity index is 1.89. The van der Waals surface area contributed by atoms with Crippen molar-refractivity contribution in [2.24, 2.45) is 5.92 Å². The Kier molecular flexibility index (Phi) is 6.44. The van der Waals surface area contributed by atoms with Crippen LogP contribution in [0, 0.1) is 5.92 Å². The molecule has 0 saturated carbocycles. The summed E-state index contributed by atoms with van der Waals surface area (Å²) in [6, 6.07) is 7.13. The third kappa shape index (κ3) is 4.08. The fourth-order valence-corrected chi connectivity index (χ4v) is 3.69. The van der Waals surface area contributed by atoms with Gasteiger partial charge in [-0.25, -0.2) is 4.68 Å². The number of ether oxygens (including phenoxy) is 1. The topological polar surface area (TPSA) is 81.5 Å². The number of likely N-dealkylation sites (tertiary alicyclic amines) is 1. The summed E-state index contributed by atoms with van der Waals surface area (Å²) in [5.41, 5.74) is 0.149. The Morgan fingerprint density at radius 1 is 1.14 bits per heavy atom. The number of carbonyl (C=O) groups excluding carboxylic acids is 2. The molecule has 1 aromatic heterocycles. The summed E-state index contributed by atoms with van der Waals surface area (Å²) in [5.74, 6) is -0.578. The molecule has 0 unspecified atom stereocenters. The van der Waals surface area contributed by atoms with E-state index in [1.165, 1.54) is 11.8 Å². The summed E-state index contributed by atoms with van der Waals surface area (Å²) >= 11 is 0. The number of benzene rings is 1. The molecular formula is C21H27N3O4. The van der Waals surface area contributed by atoms with Crippen LogP contribution in [-0.2, 0) is 16.1 Å². The first-order chi connectivity index (χ1) is 13.6. The van der Waals surface area contributed by atoms with Gasteiger partial charge in [-0.1, -0.05) is 38.0 Å². The van der Waals surface area contributed by atoms with E-state index >= 15 is 0 Å². The standard InChI is InChI=1S/C21H27N3O4/c1-3-4-7-12-24-19(25)17-9-6-5-8-16(17)18(22-24)20(26)23-13-10-15(11-14-23)21(27)28-2/h5-6,8-9,15H,3-4,7,10-14H2,1-2H3. The van der Waals surface area contributed by atoms with Crippen LogP contribution in [0.2, 0.25) is 0 Å². The lowest BCUT2D eigenvalue weighted by Crippen LogP contribution is -2.41. The second kappa shape index (κ2) is 8.99. The highest BCUT2D eigenvalue weighted by Crippen LogP contribution is 2.22. The number of rotatable bonds is 6. The van der Waals surface area contributed by atoms with Crippen LogP contribution in [0.4, 0.5) is 0 Å². The summed E-state index contributed by atoms with van der Waals surface area (Å²) in [4.78, 5) is 39.4. The molecular weight excluding hydrogens is 358 g/mol. The number of fused-ring (bicyclic) bond motifs is 1. The molecule has 1 aromatic carbocycles. The van der Waals surface area contributed by atoms with Gasteiger partial charge in [0.15, 0.2) is 5.69 Å². The van der Waals surface area contributed by atoms with Crippen LogP contribution in [0.3, 0.4) is 0 Å². The van der Waals surface area contributed by atoms with Gasteiger partial charge in [-0.15, -0.1) is 0 Å². The van der Waals surface area contributed by atoms with Gasteiger partial charge < -0.3 is 9.64 Å². The predicted octanol–water partition coefficient (Wildman–Crippen LogP) is 2.61. The number of hydrogen-bond acceptors (Lipinski definition) is 5. The third-order valence-corrected chi connectivity index (χ3v) is 5.36. The highest BCUT2D eigenvalue weighted by Gasteiger charge is 2.30. The first-order valence-corrected chi connectivity index (χ1v) is 9.93. The van der Waals surface area contributed by atoms with Crippen LogP contribution >= 0.6 is 0 Å². The van der Waals surface area contributed by atoms with Gasteiger partial charge in [0, 0.05) is 25.0 Å². The van der Waals surface area contributed by atoms with Crippen LogP contribution in [0.25, 0.3) is 10.8 Å². The first kappa shape index (κ1) is 20.0. The molecule has 3 rings (SSSR count). The van der Waals surface area contributed by atoms with E-state index in [9.17, 15) is 14.4 Å². The minimum absolute atomic E-state index is 0.160. The number of piperidine rings is 1. The van der Waals surface area contributed by atoms with Crippen molar-refractivity contribution in [3.63, 3.8) is 0 Å². The van der Waals surface area contributed by atoms with Crippen LogP contribution < -0.4 is 5.56 Å². The van der Waals surface area contributed by atoms with E-state index in [0.29, 0.717) is 48.9 Å². The van der Waals surface area contributed by atoms with E-state index in [4.69, 9.17) is 4.74 Å². The molecule has 1 aliphatic heterocycles. The monoisotopic (exact) mass is 385 g/mol.